The molecule has 0 bridgehead atoms. The van der Waals surface area contributed by atoms with Crippen LogP contribution in [0.2, 0.25) is 0 Å². The second-order valence-corrected chi connectivity index (χ2v) is 6.40. The molecule has 0 saturated carbocycles. The van der Waals surface area contributed by atoms with Gasteiger partial charge in [-0.05, 0) is 34.1 Å². The Labute approximate surface area is 126 Å². The van der Waals surface area contributed by atoms with Gasteiger partial charge in [0.05, 0.1) is 5.69 Å². The SMILES string of the molecule is CCN(CC)S(=O)(=O)Nc1ccc(/C(N)=N/O)cc1Br. The van der Waals surface area contributed by atoms with E-state index in [9.17, 15) is 8.42 Å². The van der Waals surface area contributed by atoms with Crippen LogP contribution in [0, 0.1) is 0 Å². The van der Waals surface area contributed by atoms with Crippen molar-refractivity contribution in [2.45, 2.75) is 13.8 Å². The number of halogens is 1. The lowest BCUT2D eigenvalue weighted by Crippen LogP contribution is -2.35. The van der Waals surface area contributed by atoms with E-state index in [0.29, 0.717) is 28.8 Å². The van der Waals surface area contributed by atoms with Crippen molar-refractivity contribution in [1.29, 1.82) is 0 Å². The molecule has 0 aliphatic rings. The molecule has 1 aromatic rings. The Morgan fingerprint density at radius 3 is 2.50 bits per heavy atom. The molecule has 20 heavy (non-hydrogen) atoms. The largest absolute Gasteiger partial charge is 0.409 e. The molecule has 0 fully saturated rings. The van der Waals surface area contributed by atoms with Crippen LogP contribution < -0.4 is 10.5 Å². The van der Waals surface area contributed by atoms with E-state index in [1.165, 1.54) is 4.31 Å². The van der Waals surface area contributed by atoms with Crippen LogP contribution in [0.5, 0.6) is 0 Å². The summed E-state index contributed by atoms with van der Waals surface area (Å²) in [5.74, 6) is -0.0520. The molecule has 9 heteroatoms. The Morgan fingerprint density at radius 2 is 2.05 bits per heavy atom. The summed E-state index contributed by atoms with van der Waals surface area (Å²) in [4.78, 5) is 0. The number of nitrogens with one attached hydrogen (secondary N) is 1. The summed E-state index contributed by atoms with van der Waals surface area (Å²) in [6.07, 6.45) is 0. The van der Waals surface area contributed by atoms with Crippen molar-refractivity contribution in [2.75, 3.05) is 17.8 Å². The van der Waals surface area contributed by atoms with Gasteiger partial charge in [0, 0.05) is 23.1 Å². The van der Waals surface area contributed by atoms with E-state index in [4.69, 9.17) is 10.9 Å². The van der Waals surface area contributed by atoms with Gasteiger partial charge >= 0.3 is 10.2 Å². The van der Waals surface area contributed by atoms with Gasteiger partial charge in [0.15, 0.2) is 5.84 Å². The molecule has 0 spiro atoms. The fourth-order valence-electron chi connectivity index (χ4n) is 1.58. The van der Waals surface area contributed by atoms with Crippen LogP contribution in [0.3, 0.4) is 0 Å². The number of benzene rings is 1. The van der Waals surface area contributed by atoms with Crippen molar-refractivity contribution < 1.29 is 13.6 Å². The second-order valence-electron chi connectivity index (χ2n) is 3.87. The summed E-state index contributed by atoms with van der Waals surface area (Å²) in [6, 6.07) is 4.66. The average Bonchev–Trinajstić information content (AvgIpc) is 2.41. The van der Waals surface area contributed by atoms with Gasteiger partial charge in [-0.15, -0.1) is 0 Å². The van der Waals surface area contributed by atoms with E-state index in [2.05, 4.69) is 25.8 Å². The highest BCUT2D eigenvalue weighted by molar-refractivity contribution is 9.10. The normalized spacial score (nSPS) is 12.7. The monoisotopic (exact) mass is 364 g/mol. The molecule has 0 aliphatic carbocycles. The van der Waals surface area contributed by atoms with Crippen molar-refractivity contribution in [3.8, 4) is 0 Å². The maximum atomic E-state index is 12.1. The fraction of sp³-hybridized carbons (Fsp3) is 0.364. The molecule has 1 rings (SSSR count). The first-order valence-corrected chi connectivity index (χ1v) is 8.14. The van der Waals surface area contributed by atoms with E-state index < -0.39 is 10.2 Å². The van der Waals surface area contributed by atoms with E-state index in [1.807, 2.05) is 0 Å². The number of hydrogen-bond donors (Lipinski definition) is 3. The molecule has 4 N–H and O–H groups in total. The highest BCUT2D eigenvalue weighted by Crippen LogP contribution is 2.25. The number of amidine groups is 1. The first-order valence-electron chi connectivity index (χ1n) is 5.91. The van der Waals surface area contributed by atoms with E-state index in [-0.39, 0.29) is 5.84 Å². The molecular formula is C11H17BrN4O3S. The van der Waals surface area contributed by atoms with Crippen LogP contribution in [0.4, 0.5) is 5.69 Å². The van der Waals surface area contributed by atoms with Gasteiger partial charge in [0.1, 0.15) is 0 Å². The van der Waals surface area contributed by atoms with Gasteiger partial charge in [0.25, 0.3) is 0 Å². The topological polar surface area (TPSA) is 108 Å². The lowest BCUT2D eigenvalue weighted by molar-refractivity contribution is 0.318. The summed E-state index contributed by atoms with van der Waals surface area (Å²) in [5, 5.41) is 11.5. The molecule has 112 valence electrons. The van der Waals surface area contributed by atoms with Crippen LogP contribution in [0.1, 0.15) is 19.4 Å². The lowest BCUT2D eigenvalue weighted by Gasteiger charge is -2.20. The molecule has 0 heterocycles. The maximum Gasteiger partial charge on any atom is 0.301 e. The van der Waals surface area contributed by atoms with Crippen LogP contribution in [-0.4, -0.2) is 36.9 Å². The summed E-state index contributed by atoms with van der Waals surface area (Å²) in [7, 11) is -3.59. The summed E-state index contributed by atoms with van der Waals surface area (Å²) in [6.45, 7) is 4.29. The number of oxime groups is 1. The molecule has 0 amide bonds. The van der Waals surface area contributed by atoms with Crippen molar-refractivity contribution in [1.82, 2.24) is 4.31 Å². The molecule has 0 unspecified atom stereocenters. The van der Waals surface area contributed by atoms with E-state index in [0.717, 1.165) is 0 Å². The van der Waals surface area contributed by atoms with Gasteiger partial charge in [-0.25, -0.2) is 0 Å². The second kappa shape index (κ2) is 6.91. The Morgan fingerprint density at radius 1 is 1.45 bits per heavy atom. The van der Waals surface area contributed by atoms with Crippen molar-refractivity contribution in [3.05, 3.63) is 28.2 Å². The Hall–Kier alpha value is -1.32. The molecule has 0 atom stereocenters. The summed E-state index contributed by atoms with van der Waals surface area (Å²) >= 11 is 3.25. The Bertz CT molecular complexity index is 600. The Kier molecular flexibility index (Phi) is 5.78. The molecule has 1 aromatic carbocycles. The minimum Gasteiger partial charge on any atom is -0.409 e. The third-order valence-corrected chi connectivity index (χ3v) is 4.99. The van der Waals surface area contributed by atoms with Gasteiger partial charge in [-0.2, -0.15) is 12.7 Å². The summed E-state index contributed by atoms with van der Waals surface area (Å²) in [5.41, 5.74) is 6.32. The number of nitrogens with two attached hydrogens (primary N) is 1. The van der Waals surface area contributed by atoms with Crippen LogP contribution >= 0.6 is 15.9 Å². The molecule has 0 aromatic heterocycles. The number of rotatable bonds is 6. The fourth-order valence-corrected chi connectivity index (χ4v) is 3.46. The van der Waals surface area contributed by atoms with Crippen molar-refractivity contribution in [2.24, 2.45) is 10.9 Å². The lowest BCUT2D eigenvalue weighted by atomic mass is 10.2. The van der Waals surface area contributed by atoms with Gasteiger partial charge in [-0.3, -0.25) is 4.72 Å². The van der Waals surface area contributed by atoms with Gasteiger partial charge in [0.2, 0.25) is 0 Å². The predicted octanol–water partition coefficient (Wildman–Crippen LogP) is 1.54. The average molecular weight is 365 g/mol. The summed E-state index contributed by atoms with van der Waals surface area (Å²) < 4.78 is 28.5. The minimum absolute atomic E-state index is 0.0520. The molecule has 0 radical (unpaired) electrons. The Balaban J connectivity index is 3.06. The first kappa shape index (κ1) is 16.7. The van der Waals surface area contributed by atoms with E-state index in [1.54, 1.807) is 32.0 Å². The predicted molar refractivity (Wildman–Crippen MR) is 82.1 cm³/mol. The molecule has 0 aliphatic heterocycles. The van der Waals surface area contributed by atoms with E-state index >= 15 is 0 Å². The third-order valence-electron chi connectivity index (χ3n) is 2.66. The first-order chi connectivity index (χ1) is 9.35. The number of hydrogen-bond acceptors (Lipinski definition) is 4. The zero-order chi connectivity index (χ0) is 15.3. The molecule has 0 saturated heterocycles. The number of anilines is 1. The minimum atomic E-state index is -3.59. The molecule has 7 nitrogen and oxygen atoms in total. The van der Waals surface area contributed by atoms with Crippen LogP contribution in [0.15, 0.2) is 27.8 Å². The maximum absolute atomic E-state index is 12.1. The zero-order valence-electron chi connectivity index (χ0n) is 11.2. The third kappa shape index (κ3) is 3.84. The van der Waals surface area contributed by atoms with Crippen molar-refractivity contribution >= 4 is 37.7 Å². The van der Waals surface area contributed by atoms with Gasteiger partial charge in [-0.1, -0.05) is 19.0 Å². The highest BCUT2D eigenvalue weighted by atomic mass is 79.9. The molecular weight excluding hydrogens is 348 g/mol. The zero-order valence-corrected chi connectivity index (χ0v) is 13.6. The smallest absolute Gasteiger partial charge is 0.301 e. The van der Waals surface area contributed by atoms with Crippen LogP contribution in [0.25, 0.3) is 0 Å². The van der Waals surface area contributed by atoms with Gasteiger partial charge < -0.3 is 10.9 Å². The number of nitrogens with zero attached hydrogens (tertiary/aromatic N) is 2. The van der Waals surface area contributed by atoms with Crippen molar-refractivity contribution in [3.63, 3.8) is 0 Å². The highest BCUT2D eigenvalue weighted by Gasteiger charge is 2.19. The van der Waals surface area contributed by atoms with Crippen LogP contribution in [-0.2, 0) is 10.2 Å². The quantitative estimate of drug-likeness (QED) is 0.308. The standard InChI is InChI=1S/C11H17BrN4O3S/c1-3-16(4-2)20(18,19)15-10-6-5-8(7-9(10)12)11(13)14-17/h5-7,15,17H,3-4H2,1-2H3,(H2,13,14).